The Bertz CT molecular complexity index is 535. The predicted octanol–water partition coefficient (Wildman–Crippen LogP) is 4.10. The van der Waals surface area contributed by atoms with E-state index in [0.717, 1.165) is 49.1 Å². The number of hydrogen-bond acceptors (Lipinski definition) is 3. The highest BCUT2D eigenvalue weighted by Gasteiger charge is 2.26. The molecule has 0 bridgehead atoms. The van der Waals surface area contributed by atoms with Crippen LogP contribution in [-0.4, -0.2) is 41.7 Å². The van der Waals surface area contributed by atoms with Gasteiger partial charge in [-0.05, 0) is 75.8 Å². The Hall–Kier alpha value is -1.07. The Morgan fingerprint density at radius 2 is 2.26 bits per heavy atom. The third-order valence-electron chi connectivity index (χ3n) is 4.62. The Balaban J connectivity index is 1.67. The molecule has 0 aromatic heterocycles. The smallest absolute Gasteiger partial charge is 0.317 e. The number of ether oxygens (including phenoxy) is 1. The highest BCUT2D eigenvalue weighted by Crippen LogP contribution is 2.27. The second-order valence-electron chi connectivity index (χ2n) is 6.51. The van der Waals surface area contributed by atoms with Gasteiger partial charge in [0.1, 0.15) is 5.75 Å². The first kappa shape index (κ1) is 18.3. The van der Waals surface area contributed by atoms with Crippen LogP contribution in [0.1, 0.15) is 38.2 Å². The lowest BCUT2D eigenvalue weighted by Crippen LogP contribution is -2.43. The highest BCUT2D eigenvalue weighted by molar-refractivity contribution is 9.10. The zero-order valence-corrected chi connectivity index (χ0v) is 15.5. The number of nitrogens with zero attached hydrogens (tertiary/aromatic N) is 1. The molecule has 4 nitrogen and oxygen atoms in total. The zero-order chi connectivity index (χ0) is 16.8. The van der Waals surface area contributed by atoms with E-state index in [4.69, 9.17) is 9.84 Å². The molecule has 2 rings (SSSR count). The van der Waals surface area contributed by atoms with E-state index in [1.54, 1.807) is 0 Å². The molecule has 0 amide bonds. The number of rotatable bonds is 7. The number of benzene rings is 1. The summed E-state index contributed by atoms with van der Waals surface area (Å²) in [4.78, 5) is 12.9. The number of aryl methyl sites for hydroxylation is 1. The van der Waals surface area contributed by atoms with E-state index in [9.17, 15) is 4.79 Å². The molecule has 0 spiro atoms. The molecule has 1 saturated heterocycles. The molecule has 1 aliphatic heterocycles. The summed E-state index contributed by atoms with van der Waals surface area (Å²) in [5.41, 5.74) is 1.18. The number of carboxylic acids is 1. The van der Waals surface area contributed by atoms with Crippen LogP contribution in [0.2, 0.25) is 0 Å². The third-order valence-corrected chi connectivity index (χ3v) is 5.51. The highest BCUT2D eigenvalue weighted by atomic mass is 79.9. The molecule has 1 heterocycles. The standard InChI is InChI=1S/C18H26BrNO3/c1-13-10-16(5-6-17(13)19)23-9-3-4-15-7-8-20(12-18(21)22)14(2)11-15/h5-6,10,14-15H,3-4,7-9,11-12H2,1-2H3,(H,21,22)/t14-,15+/m0/s1. The van der Waals surface area contributed by atoms with E-state index < -0.39 is 5.97 Å². The number of likely N-dealkylation sites (tertiary alicyclic amines) is 1. The summed E-state index contributed by atoms with van der Waals surface area (Å²) in [5, 5.41) is 8.91. The van der Waals surface area contributed by atoms with E-state index in [2.05, 4.69) is 40.7 Å². The summed E-state index contributed by atoms with van der Waals surface area (Å²) in [6.07, 6.45) is 4.38. The Labute approximate surface area is 147 Å². The number of carbonyl (C=O) groups is 1. The molecule has 0 radical (unpaired) electrons. The van der Waals surface area contributed by atoms with Crippen molar-refractivity contribution in [2.75, 3.05) is 19.7 Å². The van der Waals surface area contributed by atoms with Crippen LogP contribution in [0.15, 0.2) is 22.7 Å². The predicted molar refractivity (Wildman–Crippen MR) is 95.0 cm³/mol. The zero-order valence-electron chi connectivity index (χ0n) is 13.9. The minimum atomic E-state index is -0.728. The number of carboxylic acid groups (broad SMARTS) is 1. The average Bonchev–Trinajstić information content (AvgIpc) is 2.49. The van der Waals surface area contributed by atoms with Crippen molar-refractivity contribution in [1.82, 2.24) is 4.90 Å². The first-order chi connectivity index (χ1) is 11.0. The molecule has 0 aliphatic carbocycles. The van der Waals surface area contributed by atoms with Gasteiger partial charge >= 0.3 is 5.97 Å². The molecule has 0 unspecified atom stereocenters. The molecule has 5 heteroatoms. The lowest BCUT2D eigenvalue weighted by Gasteiger charge is -2.36. The first-order valence-corrected chi connectivity index (χ1v) is 9.10. The number of hydrogen-bond donors (Lipinski definition) is 1. The fraction of sp³-hybridized carbons (Fsp3) is 0.611. The molecule has 128 valence electrons. The van der Waals surface area contributed by atoms with Gasteiger partial charge in [-0.15, -0.1) is 0 Å². The van der Waals surface area contributed by atoms with Crippen molar-refractivity contribution in [3.63, 3.8) is 0 Å². The SMILES string of the molecule is Cc1cc(OCCC[C@@H]2CCN(CC(=O)O)[C@@H](C)C2)ccc1Br. The first-order valence-electron chi connectivity index (χ1n) is 8.30. The van der Waals surface area contributed by atoms with E-state index >= 15 is 0 Å². The maximum atomic E-state index is 10.8. The van der Waals surface area contributed by atoms with Crippen LogP contribution in [0.5, 0.6) is 5.75 Å². The molecule has 1 aromatic rings. The summed E-state index contributed by atoms with van der Waals surface area (Å²) in [5.74, 6) is 0.883. The molecular weight excluding hydrogens is 358 g/mol. The van der Waals surface area contributed by atoms with Crippen LogP contribution in [-0.2, 0) is 4.79 Å². The van der Waals surface area contributed by atoms with Gasteiger partial charge < -0.3 is 9.84 Å². The Morgan fingerprint density at radius 1 is 1.48 bits per heavy atom. The van der Waals surface area contributed by atoms with Crippen LogP contribution in [0.25, 0.3) is 0 Å². The van der Waals surface area contributed by atoms with Gasteiger partial charge in [-0.3, -0.25) is 9.69 Å². The lowest BCUT2D eigenvalue weighted by molar-refractivity contribution is -0.139. The van der Waals surface area contributed by atoms with Crippen molar-refractivity contribution in [3.8, 4) is 5.75 Å². The fourth-order valence-electron chi connectivity index (χ4n) is 3.26. The number of aliphatic carboxylic acids is 1. The summed E-state index contributed by atoms with van der Waals surface area (Å²) >= 11 is 3.49. The van der Waals surface area contributed by atoms with Gasteiger partial charge in [-0.1, -0.05) is 15.9 Å². The largest absolute Gasteiger partial charge is 0.494 e. The summed E-state index contributed by atoms with van der Waals surface area (Å²) in [6.45, 7) is 6.00. The molecule has 1 N–H and O–H groups in total. The summed E-state index contributed by atoms with van der Waals surface area (Å²) < 4.78 is 6.93. The van der Waals surface area contributed by atoms with Crippen molar-refractivity contribution < 1.29 is 14.6 Å². The van der Waals surface area contributed by atoms with Crippen LogP contribution in [0, 0.1) is 12.8 Å². The van der Waals surface area contributed by atoms with Gasteiger partial charge in [0.15, 0.2) is 0 Å². The second kappa shape index (κ2) is 8.69. The molecule has 1 fully saturated rings. The van der Waals surface area contributed by atoms with E-state index in [0.29, 0.717) is 12.0 Å². The molecule has 1 aromatic carbocycles. The summed E-state index contributed by atoms with van der Waals surface area (Å²) in [6, 6.07) is 6.42. The van der Waals surface area contributed by atoms with Gasteiger partial charge in [0, 0.05) is 10.5 Å². The topological polar surface area (TPSA) is 49.8 Å². The maximum absolute atomic E-state index is 10.8. The van der Waals surface area contributed by atoms with E-state index in [1.165, 1.54) is 5.56 Å². The van der Waals surface area contributed by atoms with Crippen LogP contribution in [0.3, 0.4) is 0 Å². The van der Waals surface area contributed by atoms with Crippen molar-refractivity contribution in [2.24, 2.45) is 5.92 Å². The van der Waals surface area contributed by atoms with Gasteiger partial charge in [0.05, 0.1) is 13.2 Å². The molecule has 0 saturated carbocycles. The van der Waals surface area contributed by atoms with Crippen LogP contribution < -0.4 is 4.74 Å². The Kier molecular flexibility index (Phi) is 6.90. The van der Waals surface area contributed by atoms with Crippen molar-refractivity contribution in [2.45, 2.75) is 45.6 Å². The molecule has 2 atom stereocenters. The molecular formula is C18H26BrNO3. The van der Waals surface area contributed by atoms with E-state index in [1.807, 2.05) is 12.1 Å². The lowest BCUT2D eigenvalue weighted by atomic mass is 9.88. The Morgan fingerprint density at radius 3 is 2.91 bits per heavy atom. The number of piperidine rings is 1. The van der Waals surface area contributed by atoms with Crippen LogP contribution in [0.4, 0.5) is 0 Å². The minimum Gasteiger partial charge on any atom is -0.494 e. The quantitative estimate of drug-likeness (QED) is 0.719. The van der Waals surface area contributed by atoms with Gasteiger partial charge in [0.2, 0.25) is 0 Å². The number of halogens is 1. The fourth-order valence-corrected chi connectivity index (χ4v) is 3.50. The molecule has 23 heavy (non-hydrogen) atoms. The second-order valence-corrected chi connectivity index (χ2v) is 7.36. The van der Waals surface area contributed by atoms with Gasteiger partial charge in [0.25, 0.3) is 0 Å². The third kappa shape index (κ3) is 5.81. The van der Waals surface area contributed by atoms with Gasteiger partial charge in [-0.2, -0.15) is 0 Å². The monoisotopic (exact) mass is 383 g/mol. The van der Waals surface area contributed by atoms with Gasteiger partial charge in [-0.25, -0.2) is 0 Å². The molecule has 1 aliphatic rings. The van der Waals surface area contributed by atoms with Crippen molar-refractivity contribution in [3.05, 3.63) is 28.2 Å². The van der Waals surface area contributed by atoms with Crippen molar-refractivity contribution >= 4 is 21.9 Å². The average molecular weight is 384 g/mol. The maximum Gasteiger partial charge on any atom is 0.317 e. The van der Waals surface area contributed by atoms with E-state index in [-0.39, 0.29) is 6.54 Å². The normalized spacial score (nSPS) is 22.0. The van der Waals surface area contributed by atoms with Crippen LogP contribution >= 0.6 is 15.9 Å². The van der Waals surface area contributed by atoms with Crippen molar-refractivity contribution in [1.29, 1.82) is 0 Å². The minimum absolute atomic E-state index is 0.167. The summed E-state index contributed by atoms with van der Waals surface area (Å²) in [7, 11) is 0.